The van der Waals surface area contributed by atoms with Gasteiger partial charge in [0.05, 0.1) is 0 Å². The summed E-state index contributed by atoms with van der Waals surface area (Å²) in [6.45, 7) is 7.12. The number of carbonyl (C=O) groups excluding carboxylic acids is 2. The van der Waals surface area contributed by atoms with Crippen molar-refractivity contribution in [1.29, 1.82) is 0 Å². The molecule has 0 aliphatic carbocycles. The maximum Gasteiger partial charge on any atom is 0.397 e. The van der Waals surface area contributed by atoms with Crippen molar-refractivity contribution in [3.05, 3.63) is 0 Å². The minimum absolute atomic E-state index is 0.0891. The third-order valence-corrected chi connectivity index (χ3v) is 2.64. The fourth-order valence-electron chi connectivity index (χ4n) is 1.72. The molecule has 1 aliphatic rings. The average molecular weight is 242 g/mol. The molecule has 5 heteroatoms. The van der Waals surface area contributed by atoms with E-state index in [1.165, 1.54) is 0 Å². The van der Waals surface area contributed by atoms with Crippen molar-refractivity contribution >= 4 is 11.9 Å². The van der Waals surface area contributed by atoms with Gasteiger partial charge in [0, 0.05) is 6.04 Å². The molecule has 0 radical (unpaired) electrons. The van der Waals surface area contributed by atoms with Crippen LogP contribution in [0.4, 0.5) is 0 Å². The Morgan fingerprint density at radius 3 is 2.24 bits per heavy atom. The van der Waals surface area contributed by atoms with E-state index in [0.29, 0.717) is 0 Å². The summed E-state index contributed by atoms with van der Waals surface area (Å²) < 4.78 is 5.00. The van der Waals surface area contributed by atoms with Crippen LogP contribution in [0.3, 0.4) is 0 Å². The molecule has 1 fully saturated rings. The molecule has 5 nitrogen and oxygen atoms in total. The molecule has 1 heterocycles. The molecule has 1 saturated heterocycles. The molecule has 0 aromatic heterocycles. The van der Waals surface area contributed by atoms with E-state index in [4.69, 9.17) is 4.74 Å². The number of likely N-dealkylation sites (tertiary alicyclic amines) is 1. The number of esters is 1. The number of ether oxygens (including phenoxy) is 1. The lowest BCUT2D eigenvalue weighted by Gasteiger charge is -2.29. The van der Waals surface area contributed by atoms with E-state index in [9.17, 15) is 9.59 Å². The first-order valence-corrected chi connectivity index (χ1v) is 6.00. The van der Waals surface area contributed by atoms with Gasteiger partial charge in [-0.1, -0.05) is 0 Å². The molecule has 17 heavy (non-hydrogen) atoms. The number of amides is 1. The van der Waals surface area contributed by atoms with Gasteiger partial charge in [-0.2, -0.15) is 0 Å². The van der Waals surface area contributed by atoms with Crippen LogP contribution in [0, 0.1) is 0 Å². The SMILES string of the molecule is CN1CCC(NC(=O)C(=O)OC(C)(C)C)CC1. The van der Waals surface area contributed by atoms with E-state index in [2.05, 4.69) is 10.2 Å². The van der Waals surface area contributed by atoms with Crippen molar-refractivity contribution in [2.75, 3.05) is 20.1 Å². The first kappa shape index (κ1) is 14.0. The van der Waals surface area contributed by atoms with Crippen molar-refractivity contribution in [2.45, 2.75) is 45.3 Å². The van der Waals surface area contributed by atoms with E-state index >= 15 is 0 Å². The van der Waals surface area contributed by atoms with Crippen LogP contribution >= 0.6 is 0 Å². The summed E-state index contributed by atoms with van der Waals surface area (Å²) in [5, 5.41) is 2.72. The summed E-state index contributed by atoms with van der Waals surface area (Å²) >= 11 is 0. The first-order valence-electron chi connectivity index (χ1n) is 6.00. The fraction of sp³-hybridized carbons (Fsp3) is 0.833. The highest BCUT2D eigenvalue weighted by atomic mass is 16.6. The molecule has 0 bridgehead atoms. The van der Waals surface area contributed by atoms with Gasteiger partial charge >= 0.3 is 11.9 Å². The number of carbonyl (C=O) groups is 2. The van der Waals surface area contributed by atoms with Gasteiger partial charge in [0.2, 0.25) is 0 Å². The molecule has 0 spiro atoms. The molecule has 0 unspecified atom stereocenters. The Balaban J connectivity index is 2.36. The van der Waals surface area contributed by atoms with E-state index in [1.54, 1.807) is 20.8 Å². The molecule has 98 valence electrons. The lowest BCUT2D eigenvalue weighted by molar-refractivity contribution is -0.163. The van der Waals surface area contributed by atoms with Crippen molar-refractivity contribution in [3.8, 4) is 0 Å². The maximum atomic E-state index is 11.6. The average Bonchev–Trinajstić information content (AvgIpc) is 2.19. The first-order chi connectivity index (χ1) is 7.78. The number of nitrogens with one attached hydrogen (secondary N) is 1. The van der Waals surface area contributed by atoms with Gasteiger partial charge in [0.15, 0.2) is 0 Å². The molecule has 0 atom stereocenters. The van der Waals surface area contributed by atoms with Crippen LogP contribution in [-0.4, -0.2) is 48.6 Å². The van der Waals surface area contributed by atoms with Crippen LogP contribution in [0.2, 0.25) is 0 Å². The van der Waals surface area contributed by atoms with Crippen molar-refractivity contribution in [1.82, 2.24) is 10.2 Å². The third-order valence-electron chi connectivity index (χ3n) is 2.64. The summed E-state index contributed by atoms with van der Waals surface area (Å²) in [6, 6.07) is 0.0891. The number of hydrogen-bond donors (Lipinski definition) is 1. The summed E-state index contributed by atoms with van der Waals surface area (Å²) in [5.41, 5.74) is -0.624. The molecular formula is C12H22N2O3. The Hall–Kier alpha value is -1.10. The largest absolute Gasteiger partial charge is 0.453 e. The molecule has 1 N–H and O–H groups in total. The highest BCUT2D eigenvalue weighted by Crippen LogP contribution is 2.10. The molecule has 1 aliphatic heterocycles. The number of hydrogen-bond acceptors (Lipinski definition) is 4. The second kappa shape index (κ2) is 5.49. The quantitative estimate of drug-likeness (QED) is 0.538. The normalized spacial score (nSPS) is 18.8. The zero-order chi connectivity index (χ0) is 13.1. The van der Waals surface area contributed by atoms with Crippen LogP contribution in [-0.2, 0) is 14.3 Å². The standard InChI is InChI=1S/C12H22N2O3/c1-12(2,3)17-11(16)10(15)13-9-5-7-14(4)8-6-9/h9H,5-8H2,1-4H3,(H,13,15). The summed E-state index contributed by atoms with van der Waals surface area (Å²) in [4.78, 5) is 25.2. The van der Waals surface area contributed by atoms with Crippen LogP contribution in [0.25, 0.3) is 0 Å². The third kappa shape index (κ3) is 5.17. The smallest absolute Gasteiger partial charge is 0.397 e. The second-order valence-electron chi connectivity index (χ2n) is 5.55. The molecular weight excluding hydrogens is 220 g/mol. The molecule has 0 saturated carbocycles. The minimum atomic E-state index is -0.795. The zero-order valence-electron chi connectivity index (χ0n) is 11.1. The Bertz CT molecular complexity index is 289. The number of piperidine rings is 1. The second-order valence-corrected chi connectivity index (χ2v) is 5.55. The monoisotopic (exact) mass is 242 g/mol. The van der Waals surface area contributed by atoms with E-state index in [1.807, 2.05) is 7.05 Å². The predicted molar refractivity (Wildman–Crippen MR) is 64.5 cm³/mol. The minimum Gasteiger partial charge on any atom is -0.453 e. The van der Waals surface area contributed by atoms with Gasteiger partial charge in [-0.3, -0.25) is 4.79 Å². The highest BCUT2D eigenvalue weighted by molar-refractivity contribution is 6.32. The molecule has 1 rings (SSSR count). The molecule has 0 aromatic carbocycles. The van der Waals surface area contributed by atoms with Crippen LogP contribution in [0.5, 0.6) is 0 Å². The van der Waals surface area contributed by atoms with E-state index in [-0.39, 0.29) is 6.04 Å². The Morgan fingerprint density at radius 1 is 1.24 bits per heavy atom. The lowest BCUT2D eigenvalue weighted by Crippen LogP contribution is -2.46. The Kier molecular flexibility index (Phi) is 4.51. The summed E-state index contributed by atoms with van der Waals surface area (Å²) in [5.74, 6) is -1.43. The molecule has 0 aromatic rings. The Labute approximate surface area is 102 Å². The van der Waals surface area contributed by atoms with Gasteiger partial charge < -0.3 is 15.0 Å². The topological polar surface area (TPSA) is 58.6 Å². The predicted octanol–water partition coefficient (Wildman–Crippen LogP) is 0.539. The highest BCUT2D eigenvalue weighted by Gasteiger charge is 2.26. The van der Waals surface area contributed by atoms with Gasteiger partial charge in [-0.25, -0.2) is 4.79 Å². The number of rotatable bonds is 1. The summed E-state index contributed by atoms with van der Waals surface area (Å²) in [6.07, 6.45) is 1.76. The van der Waals surface area contributed by atoms with Crippen molar-refractivity contribution in [2.24, 2.45) is 0 Å². The van der Waals surface area contributed by atoms with Crippen molar-refractivity contribution in [3.63, 3.8) is 0 Å². The van der Waals surface area contributed by atoms with Gasteiger partial charge in [-0.15, -0.1) is 0 Å². The Morgan fingerprint density at radius 2 is 1.76 bits per heavy atom. The lowest BCUT2D eigenvalue weighted by atomic mass is 10.1. The van der Waals surface area contributed by atoms with Crippen LogP contribution in [0.1, 0.15) is 33.6 Å². The van der Waals surface area contributed by atoms with E-state index < -0.39 is 17.5 Å². The van der Waals surface area contributed by atoms with Crippen LogP contribution < -0.4 is 5.32 Å². The molecule has 1 amide bonds. The van der Waals surface area contributed by atoms with Gasteiger partial charge in [0.1, 0.15) is 5.60 Å². The van der Waals surface area contributed by atoms with Crippen molar-refractivity contribution < 1.29 is 14.3 Å². The van der Waals surface area contributed by atoms with Gasteiger partial charge in [-0.05, 0) is 53.8 Å². The van der Waals surface area contributed by atoms with Gasteiger partial charge in [0.25, 0.3) is 0 Å². The fourth-order valence-corrected chi connectivity index (χ4v) is 1.72. The summed E-state index contributed by atoms with van der Waals surface area (Å²) in [7, 11) is 2.05. The van der Waals surface area contributed by atoms with Crippen LogP contribution in [0.15, 0.2) is 0 Å². The van der Waals surface area contributed by atoms with E-state index in [0.717, 1.165) is 25.9 Å². The maximum absolute atomic E-state index is 11.6. The zero-order valence-corrected chi connectivity index (χ0v) is 11.1. The number of nitrogens with zero attached hydrogens (tertiary/aromatic N) is 1.